The molecule has 1 aliphatic rings. The van der Waals surface area contributed by atoms with Crippen molar-refractivity contribution in [2.24, 2.45) is 0 Å². The van der Waals surface area contributed by atoms with Crippen molar-refractivity contribution in [2.45, 2.75) is 18.9 Å². The Hall–Kier alpha value is -0.680. The molecule has 0 aromatic heterocycles. The van der Waals surface area contributed by atoms with E-state index in [9.17, 15) is 0 Å². The maximum Gasteiger partial charge on any atom is 0.0627 e. The van der Waals surface area contributed by atoms with Gasteiger partial charge in [-0.1, -0.05) is 35.2 Å². The molecule has 0 spiro atoms. The van der Waals surface area contributed by atoms with Crippen molar-refractivity contribution in [3.8, 4) is 12.3 Å². The van der Waals surface area contributed by atoms with Gasteiger partial charge in [-0.25, -0.2) is 0 Å². The van der Waals surface area contributed by atoms with Crippen LogP contribution in [0.15, 0.2) is 12.1 Å². The van der Waals surface area contributed by atoms with E-state index in [4.69, 9.17) is 29.6 Å². The van der Waals surface area contributed by atoms with E-state index in [1.807, 2.05) is 12.1 Å². The third-order valence-electron chi connectivity index (χ3n) is 2.74. The normalized spacial score (nSPS) is 18.6. The van der Waals surface area contributed by atoms with Crippen LogP contribution in [0.4, 0.5) is 0 Å². The Bertz CT molecular complexity index is 420. The van der Waals surface area contributed by atoms with Gasteiger partial charge in [0, 0.05) is 6.04 Å². The molecule has 1 N–H and O–H groups in total. The van der Waals surface area contributed by atoms with Crippen molar-refractivity contribution in [3.63, 3.8) is 0 Å². The Morgan fingerprint density at radius 2 is 2.27 bits per heavy atom. The van der Waals surface area contributed by atoms with Crippen LogP contribution in [-0.4, -0.2) is 6.54 Å². The molecule has 0 radical (unpaired) electrons. The number of hydrogen-bond donors (Lipinski definition) is 1. The van der Waals surface area contributed by atoms with E-state index in [2.05, 4.69) is 11.2 Å². The van der Waals surface area contributed by atoms with Crippen LogP contribution in [0.1, 0.15) is 23.6 Å². The number of rotatable bonds is 2. The zero-order valence-electron chi connectivity index (χ0n) is 8.19. The molecule has 1 aromatic carbocycles. The first-order valence-electron chi connectivity index (χ1n) is 4.87. The molecule has 78 valence electrons. The summed E-state index contributed by atoms with van der Waals surface area (Å²) in [6.45, 7) is 0.588. The second kappa shape index (κ2) is 4.45. The highest BCUT2D eigenvalue weighted by Gasteiger charge is 2.24. The summed E-state index contributed by atoms with van der Waals surface area (Å²) in [5, 5.41) is 4.62. The predicted molar refractivity (Wildman–Crippen MR) is 64.4 cm³/mol. The molecule has 0 saturated carbocycles. The number of terminal acetylenes is 1. The summed E-state index contributed by atoms with van der Waals surface area (Å²) >= 11 is 12.1. The van der Waals surface area contributed by atoms with Gasteiger partial charge in [-0.3, -0.25) is 5.32 Å². The van der Waals surface area contributed by atoms with E-state index >= 15 is 0 Å². The first-order chi connectivity index (χ1) is 7.24. The molecule has 1 nitrogen and oxygen atoms in total. The third kappa shape index (κ3) is 1.99. The van der Waals surface area contributed by atoms with Crippen LogP contribution in [0.3, 0.4) is 0 Å². The standard InChI is InChI=1S/C12H11Cl2N/c1-2-7-15-11-6-4-9-8(11)3-5-10(13)12(9)14/h1,3,5,11,15H,4,6-7H2. The summed E-state index contributed by atoms with van der Waals surface area (Å²) in [4.78, 5) is 0. The maximum absolute atomic E-state index is 6.14. The van der Waals surface area contributed by atoms with Crippen LogP contribution in [0, 0.1) is 12.3 Å². The molecule has 15 heavy (non-hydrogen) atoms. The van der Waals surface area contributed by atoms with Crippen LogP contribution in [0.5, 0.6) is 0 Å². The lowest BCUT2D eigenvalue weighted by molar-refractivity contribution is 0.568. The average molecular weight is 240 g/mol. The van der Waals surface area contributed by atoms with Crippen LogP contribution in [0.2, 0.25) is 10.0 Å². The summed E-state index contributed by atoms with van der Waals surface area (Å²) in [5.74, 6) is 2.58. The summed E-state index contributed by atoms with van der Waals surface area (Å²) < 4.78 is 0. The maximum atomic E-state index is 6.14. The molecular formula is C12H11Cl2N. The molecule has 0 amide bonds. The number of halogens is 2. The van der Waals surface area contributed by atoms with E-state index in [0.29, 0.717) is 22.6 Å². The van der Waals surface area contributed by atoms with Crippen LogP contribution in [-0.2, 0) is 6.42 Å². The molecule has 0 aliphatic heterocycles. The lowest BCUT2D eigenvalue weighted by Gasteiger charge is -2.12. The van der Waals surface area contributed by atoms with E-state index in [-0.39, 0.29) is 0 Å². The second-order valence-electron chi connectivity index (χ2n) is 3.61. The van der Waals surface area contributed by atoms with Crippen molar-refractivity contribution >= 4 is 23.2 Å². The fourth-order valence-corrected chi connectivity index (χ4v) is 2.47. The largest absolute Gasteiger partial charge is 0.299 e. The van der Waals surface area contributed by atoms with Crippen molar-refractivity contribution < 1.29 is 0 Å². The lowest BCUT2D eigenvalue weighted by atomic mass is 10.1. The van der Waals surface area contributed by atoms with E-state index < -0.39 is 0 Å². The SMILES string of the molecule is C#CCNC1CCc2c1ccc(Cl)c2Cl. The number of fused-ring (bicyclic) bond motifs is 1. The predicted octanol–water partition coefficient (Wildman–Crippen LogP) is 3.20. The first kappa shape index (κ1) is 10.8. The summed E-state index contributed by atoms with van der Waals surface area (Å²) in [7, 11) is 0. The van der Waals surface area contributed by atoms with Crippen molar-refractivity contribution in [3.05, 3.63) is 33.3 Å². The van der Waals surface area contributed by atoms with Crippen molar-refractivity contribution in [1.29, 1.82) is 0 Å². The average Bonchev–Trinajstić information content (AvgIpc) is 2.64. The van der Waals surface area contributed by atoms with Crippen molar-refractivity contribution in [2.75, 3.05) is 6.54 Å². The topological polar surface area (TPSA) is 12.0 Å². The van der Waals surface area contributed by atoms with Gasteiger partial charge >= 0.3 is 0 Å². The molecule has 0 fully saturated rings. The van der Waals surface area contributed by atoms with Crippen LogP contribution >= 0.6 is 23.2 Å². The highest BCUT2D eigenvalue weighted by Crippen LogP contribution is 2.38. The van der Waals surface area contributed by atoms with Crippen LogP contribution < -0.4 is 5.32 Å². The Morgan fingerprint density at radius 1 is 1.47 bits per heavy atom. The van der Waals surface area contributed by atoms with Crippen molar-refractivity contribution in [1.82, 2.24) is 5.32 Å². The monoisotopic (exact) mass is 239 g/mol. The lowest BCUT2D eigenvalue weighted by Crippen LogP contribution is -2.19. The minimum atomic E-state index is 0.325. The summed E-state index contributed by atoms with van der Waals surface area (Å²) in [6.07, 6.45) is 7.23. The molecule has 1 aromatic rings. The Labute approximate surface area is 99.8 Å². The minimum Gasteiger partial charge on any atom is -0.299 e. The molecular weight excluding hydrogens is 229 g/mol. The third-order valence-corrected chi connectivity index (χ3v) is 3.58. The van der Waals surface area contributed by atoms with Crippen LogP contribution in [0.25, 0.3) is 0 Å². The van der Waals surface area contributed by atoms with Gasteiger partial charge < -0.3 is 0 Å². The highest BCUT2D eigenvalue weighted by molar-refractivity contribution is 6.42. The molecule has 3 heteroatoms. The highest BCUT2D eigenvalue weighted by atomic mass is 35.5. The molecule has 0 saturated heterocycles. The summed E-state index contributed by atoms with van der Waals surface area (Å²) in [5.41, 5.74) is 2.40. The zero-order valence-corrected chi connectivity index (χ0v) is 9.70. The van der Waals surface area contributed by atoms with E-state index in [1.54, 1.807) is 0 Å². The van der Waals surface area contributed by atoms with E-state index in [0.717, 1.165) is 12.8 Å². The second-order valence-corrected chi connectivity index (χ2v) is 4.39. The Kier molecular flexibility index (Phi) is 3.21. The molecule has 0 bridgehead atoms. The molecule has 1 atom stereocenters. The molecule has 1 aliphatic carbocycles. The van der Waals surface area contributed by atoms with Gasteiger partial charge in [-0.15, -0.1) is 6.42 Å². The quantitative estimate of drug-likeness (QED) is 0.782. The fourth-order valence-electron chi connectivity index (χ4n) is 2.03. The Balaban J connectivity index is 2.29. The molecule has 1 unspecified atom stereocenters. The summed E-state index contributed by atoms with van der Waals surface area (Å²) in [6, 6.07) is 4.20. The van der Waals surface area contributed by atoms with Gasteiger partial charge in [-0.2, -0.15) is 0 Å². The molecule has 0 heterocycles. The van der Waals surface area contributed by atoms with Gasteiger partial charge in [0.2, 0.25) is 0 Å². The van der Waals surface area contributed by atoms with Gasteiger partial charge in [0.05, 0.1) is 16.6 Å². The van der Waals surface area contributed by atoms with Gasteiger partial charge in [0.1, 0.15) is 0 Å². The Morgan fingerprint density at radius 3 is 3.00 bits per heavy atom. The number of nitrogens with one attached hydrogen (secondary N) is 1. The van der Waals surface area contributed by atoms with Gasteiger partial charge in [0.25, 0.3) is 0 Å². The molecule has 2 rings (SSSR count). The first-order valence-corrected chi connectivity index (χ1v) is 5.63. The smallest absolute Gasteiger partial charge is 0.0627 e. The van der Waals surface area contributed by atoms with Gasteiger partial charge in [0.15, 0.2) is 0 Å². The fraction of sp³-hybridized carbons (Fsp3) is 0.333. The van der Waals surface area contributed by atoms with Gasteiger partial charge in [-0.05, 0) is 30.0 Å². The number of hydrogen-bond acceptors (Lipinski definition) is 1. The minimum absolute atomic E-state index is 0.325. The number of benzene rings is 1. The zero-order chi connectivity index (χ0) is 10.8. The van der Waals surface area contributed by atoms with E-state index in [1.165, 1.54) is 11.1 Å².